The van der Waals surface area contributed by atoms with E-state index in [1.807, 2.05) is 0 Å². The van der Waals surface area contributed by atoms with E-state index in [1.54, 1.807) is 0 Å². The van der Waals surface area contributed by atoms with Gasteiger partial charge in [-0.05, 0) is 61.6 Å². The van der Waals surface area contributed by atoms with Gasteiger partial charge in [0.1, 0.15) is 6.29 Å². The molecule has 4 heteroatoms. The molecule has 0 saturated heterocycles. The molecule has 1 atom stereocenters. The lowest BCUT2D eigenvalue weighted by Crippen LogP contribution is -2.52. The van der Waals surface area contributed by atoms with Crippen molar-refractivity contribution in [3.8, 4) is 0 Å². The minimum absolute atomic E-state index is 0.0987. The van der Waals surface area contributed by atoms with E-state index in [4.69, 9.17) is 4.43 Å². The first kappa shape index (κ1) is 21.4. The highest BCUT2D eigenvalue weighted by atomic mass is 79.9. The number of carbonyl (C=O) groups is 1. The molecule has 1 unspecified atom stereocenters. The van der Waals surface area contributed by atoms with Crippen LogP contribution in [0, 0.1) is 11.3 Å². The van der Waals surface area contributed by atoms with Crippen LogP contribution in [0.15, 0.2) is 0 Å². The van der Waals surface area contributed by atoms with Crippen LogP contribution in [0.2, 0.25) is 18.1 Å². The van der Waals surface area contributed by atoms with Gasteiger partial charge in [0.05, 0.1) is 10.4 Å². The summed E-state index contributed by atoms with van der Waals surface area (Å²) in [7, 11) is -1.85. The fourth-order valence-electron chi connectivity index (χ4n) is 3.46. The van der Waals surface area contributed by atoms with E-state index >= 15 is 0 Å². The van der Waals surface area contributed by atoms with Gasteiger partial charge in [0, 0.05) is 0 Å². The lowest BCUT2D eigenvalue weighted by atomic mass is 9.67. The lowest BCUT2D eigenvalue weighted by Gasteiger charge is -2.50. The van der Waals surface area contributed by atoms with Gasteiger partial charge in [-0.2, -0.15) is 0 Å². The first-order valence-electron chi connectivity index (χ1n) is 9.02. The predicted octanol–water partition coefficient (Wildman–Crippen LogP) is 6.34. The average molecular weight is 405 g/mol. The van der Waals surface area contributed by atoms with Crippen LogP contribution < -0.4 is 0 Å². The molecule has 0 heterocycles. The largest absolute Gasteiger partial charge is 0.411 e. The molecule has 136 valence electrons. The third-order valence-electron chi connectivity index (χ3n) is 6.11. The number of carbonyl (C=O) groups excluding carboxylic acids is 1. The first-order chi connectivity index (χ1) is 10.2. The smallest absolute Gasteiger partial charge is 0.192 e. The molecular formula is C19H37BrO2Si. The van der Waals surface area contributed by atoms with E-state index in [0.29, 0.717) is 5.41 Å². The van der Waals surface area contributed by atoms with Crippen LogP contribution in [0.3, 0.4) is 0 Å². The molecule has 0 N–H and O–H groups in total. The van der Waals surface area contributed by atoms with E-state index in [1.165, 1.54) is 12.8 Å². The molecule has 0 aromatic carbocycles. The Hall–Kier alpha value is 0.327. The number of aldehydes is 1. The maximum absolute atomic E-state index is 11.2. The quantitative estimate of drug-likeness (QED) is 0.303. The van der Waals surface area contributed by atoms with Crippen LogP contribution in [0.25, 0.3) is 0 Å². The van der Waals surface area contributed by atoms with E-state index in [2.05, 4.69) is 70.6 Å². The highest BCUT2D eigenvalue weighted by Gasteiger charge is 2.47. The second kappa shape index (κ2) is 7.29. The molecule has 0 radical (unpaired) electrons. The van der Waals surface area contributed by atoms with Crippen molar-refractivity contribution < 1.29 is 9.22 Å². The molecule has 0 aliphatic heterocycles. The summed E-state index contributed by atoms with van der Waals surface area (Å²) in [6.45, 7) is 18.6. The molecule has 0 aromatic heterocycles. The summed E-state index contributed by atoms with van der Waals surface area (Å²) in [4.78, 5) is 11.1. The Kier molecular flexibility index (Phi) is 6.77. The van der Waals surface area contributed by atoms with Crippen molar-refractivity contribution in [2.45, 2.75) is 102 Å². The normalized spacial score (nSPS) is 28.5. The molecule has 1 fully saturated rings. The molecule has 0 aromatic rings. The number of halogens is 1. The Morgan fingerprint density at radius 2 is 1.65 bits per heavy atom. The van der Waals surface area contributed by atoms with Gasteiger partial charge in [0.25, 0.3) is 0 Å². The van der Waals surface area contributed by atoms with E-state index in [-0.39, 0.29) is 15.5 Å². The van der Waals surface area contributed by atoms with Gasteiger partial charge in [-0.1, -0.05) is 57.5 Å². The van der Waals surface area contributed by atoms with Gasteiger partial charge in [0.2, 0.25) is 0 Å². The fourth-order valence-corrected chi connectivity index (χ4v) is 5.72. The monoisotopic (exact) mass is 404 g/mol. The molecule has 1 saturated carbocycles. The lowest BCUT2D eigenvalue weighted by molar-refractivity contribution is -0.108. The Morgan fingerprint density at radius 3 is 2.00 bits per heavy atom. The summed E-state index contributed by atoms with van der Waals surface area (Å²) in [5.74, 6) is 0.753. The molecule has 23 heavy (non-hydrogen) atoms. The second-order valence-electron chi connectivity index (χ2n) is 10.0. The molecule has 2 nitrogen and oxygen atoms in total. The van der Waals surface area contributed by atoms with Gasteiger partial charge in [-0.3, -0.25) is 0 Å². The summed E-state index contributed by atoms with van der Waals surface area (Å²) < 4.78 is 6.91. The van der Waals surface area contributed by atoms with Gasteiger partial charge >= 0.3 is 0 Å². The van der Waals surface area contributed by atoms with Crippen molar-refractivity contribution in [3.63, 3.8) is 0 Å². The predicted molar refractivity (Wildman–Crippen MR) is 106 cm³/mol. The maximum atomic E-state index is 11.2. The fraction of sp³-hybridized carbons (Fsp3) is 0.947. The van der Waals surface area contributed by atoms with Crippen LogP contribution in [0.5, 0.6) is 0 Å². The van der Waals surface area contributed by atoms with Crippen LogP contribution in [-0.4, -0.2) is 25.0 Å². The van der Waals surface area contributed by atoms with Crippen molar-refractivity contribution in [1.29, 1.82) is 0 Å². The zero-order valence-corrected chi connectivity index (χ0v) is 19.0. The van der Waals surface area contributed by atoms with E-state index in [0.717, 1.165) is 31.5 Å². The van der Waals surface area contributed by atoms with Gasteiger partial charge in [-0.15, -0.1) is 0 Å². The van der Waals surface area contributed by atoms with Crippen molar-refractivity contribution in [2.75, 3.05) is 0 Å². The summed E-state index contributed by atoms with van der Waals surface area (Å²) >= 11 is 3.53. The molecule has 0 amide bonds. The highest BCUT2D eigenvalue weighted by molar-refractivity contribution is 9.09. The van der Waals surface area contributed by atoms with Gasteiger partial charge < -0.3 is 9.22 Å². The van der Waals surface area contributed by atoms with Crippen molar-refractivity contribution in [3.05, 3.63) is 0 Å². The summed E-state index contributed by atoms with van der Waals surface area (Å²) in [5.41, 5.74) is 0.238. The van der Waals surface area contributed by atoms with Crippen LogP contribution in [-0.2, 0) is 9.22 Å². The zero-order chi connectivity index (χ0) is 18.1. The Morgan fingerprint density at radius 1 is 1.17 bits per heavy atom. The van der Waals surface area contributed by atoms with Crippen LogP contribution >= 0.6 is 15.9 Å². The number of alkyl halides is 1. The molecule has 0 bridgehead atoms. The molecule has 1 aliphatic rings. The molecule has 1 aliphatic carbocycles. The molecular weight excluding hydrogens is 368 g/mol. The van der Waals surface area contributed by atoms with Crippen molar-refractivity contribution >= 4 is 30.5 Å². The van der Waals surface area contributed by atoms with Crippen LogP contribution in [0.4, 0.5) is 0 Å². The standard InChI is InChI=1S/C19H37BrO2Si/c1-17(2,3)15-9-11-19(12-10-15,13-16(20)14-21)22-23(7,8)18(4,5)6/h14-16H,9-13H2,1-8H3. The maximum Gasteiger partial charge on any atom is 0.192 e. The van der Waals surface area contributed by atoms with Crippen molar-refractivity contribution in [2.24, 2.45) is 11.3 Å². The minimum Gasteiger partial charge on any atom is -0.411 e. The summed E-state index contributed by atoms with van der Waals surface area (Å²) in [5, 5.41) is 0.198. The van der Waals surface area contributed by atoms with Gasteiger partial charge in [0.15, 0.2) is 8.32 Å². The summed E-state index contributed by atoms with van der Waals surface area (Å²) in [6, 6.07) is 0. The first-order valence-corrected chi connectivity index (χ1v) is 12.8. The second-order valence-corrected chi connectivity index (χ2v) is 15.9. The topological polar surface area (TPSA) is 26.3 Å². The Labute approximate surface area is 153 Å². The SMILES string of the molecule is CC(C)(C)C1CCC(CC(Br)C=O)(O[Si](C)(C)C(C)(C)C)CC1. The number of rotatable bonds is 5. The summed E-state index contributed by atoms with van der Waals surface area (Å²) in [6.07, 6.45) is 6.40. The van der Waals surface area contributed by atoms with Crippen molar-refractivity contribution in [1.82, 2.24) is 0 Å². The molecule has 1 rings (SSSR count). The minimum atomic E-state index is -1.85. The Balaban J connectivity index is 2.96. The average Bonchev–Trinajstić information content (AvgIpc) is 2.35. The Bertz CT molecular complexity index is 399. The number of hydrogen-bond acceptors (Lipinski definition) is 2. The molecule has 0 spiro atoms. The van der Waals surface area contributed by atoms with E-state index in [9.17, 15) is 4.79 Å². The van der Waals surface area contributed by atoms with Gasteiger partial charge in [-0.25, -0.2) is 0 Å². The third-order valence-corrected chi connectivity index (χ3v) is 11.2. The third kappa shape index (κ3) is 5.67. The zero-order valence-electron chi connectivity index (χ0n) is 16.5. The van der Waals surface area contributed by atoms with E-state index < -0.39 is 8.32 Å². The number of hydrogen-bond donors (Lipinski definition) is 0. The van der Waals surface area contributed by atoms with Crippen LogP contribution in [0.1, 0.15) is 73.6 Å². The highest BCUT2D eigenvalue weighted by Crippen LogP contribution is 2.49.